The Morgan fingerprint density at radius 1 is 0.435 bits per heavy atom. The molecule has 12 aromatic rings. The summed E-state index contributed by atoms with van der Waals surface area (Å²) in [4.78, 5) is 8.19. The lowest BCUT2D eigenvalue weighted by Gasteiger charge is -2.44. The average molecular weight is 1210 g/mol. The molecule has 0 amide bonds. The Morgan fingerprint density at radius 2 is 1.03 bits per heavy atom. The number of hydrogen-bond acceptors (Lipinski definition) is 4. The number of nitrogens with zero attached hydrogens (tertiary/aromatic N) is 3. The molecule has 3 nitrogen and oxygen atoms in total. The van der Waals surface area contributed by atoms with E-state index in [9.17, 15) is 0 Å². The first kappa shape index (κ1) is 57.3. The molecule has 5 heteroatoms. The zero-order valence-corrected chi connectivity index (χ0v) is 54.8. The van der Waals surface area contributed by atoms with Crippen LogP contribution in [0.3, 0.4) is 0 Å². The van der Waals surface area contributed by atoms with E-state index >= 15 is 0 Å². The molecule has 5 aliphatic rings. The topological polar surface area (TPSA) is 9.72 Å². The van der Waals surface area contributed by atoms with E-state index in [2.05, 4.69) is 267 Å². The maximum atomic E-state index is 2.77. The molecular formula is C87H82BN3S. The summed E-state index contributed by atoms with van der Waals surface area (Å²) < 4.78 is 2.71. The van der Waals surface area contributed by atoms with E-state index in [0.29, 0.717) is 17.8 Å². The molecule has 3 aliphatic carbocycles. The molecule has 0 atom stereocenters. The highest BCUT2D eigenvalue weighted by molar-refractivity contribution is 7.33. The van der Waals surface area contributed by atoms with Crippen LogP contribution in [0, 0.1) is 6.92 Å². The standard InChI is InChI=1S/C87H82BN3S/c1-57-51-81-84-82(52-57)91(79-49-41-62(58-25-9-5-10-26-58)53-74(79)73-55-64-33-17-18-34-68(64)71-37-19-20-38-72(71)73)80-56-67(89(77-39-23-21-35-69(77)60-29-13-7-14-30-60)78-40-24-22-36-70(78)61-31-15-8-16-32-61)47-48-76(80)88(84)86-85(90(81)66-45-43-65(44-46-66)87(2,3)4)75-54-63(42-50-83(75)92-86)59-27-11-6-12-28-59/h6,11-12,17-24,27-28,33-56,58,60-61H,5,7-10,13-16,25-26,29-32H2,1-4H3. The van der Waals surface area contributed by atoms with E-state index in [1.807, 2.05) is 11.3 Å². The first-order valence-electron chi connectivity index (χ1n) is 34.8. The fraction of sp³-hybridized carbons (Fsp3) is 0.264. The minimum atomic E-state index is -0.0532. The van der Waals surface area contributed by atoms with Gasteiger partial charge >= 0.3 is 0 Å². The van der Waals surface area contributed by atoms with Gasteiger partial charge in [-0.1, -0.05) is 224 Å². The number of anilines is 9. The second-order valence-electron chi connectivity index (χ2n) is 28.7. The second-order valence-corrected chi connectivity index (χ2v) is 29.8. The van der Waals surface area contributed by atoms with Gasteiger partial charge in [-0.05, 0) is 224 Å². The minimum absolute atomic E-state index is 0.00794. The number of thiophene rings is 1. The lowest BCUT2D eigenvalue weighted by molar-refractivity contribution is 0.443. The molecule has 0 unspecified atom stereocenters. The van der Waals surface area contributed by atoms with Crippen LogP contribution >= 0.6 is 11.3 Å². The van der Waals surface area contributed by atoms with Crippen LogP contribution < -0.4 is 30.4 Å². The van der Waals surface area contributed by atoms with Crippen molar-refractivity contribution in [1.29, 1.82) is 0 Å². The van der Waals surface area contributed by atoms with E-state index in [-0.39, 0.29) is 12.1 Å². The third-order valence-corrected chi connectivity index (χ3v) is 23.2. The Kier molecular flexibility index (Phi) is 14.6. The molecule has 17 rings (SSSR count). The Morgan fingerprint density at radius 3 is 1.71 bits per heavy atom. The van der Waals surface area contributed by atoms with Gasteiger partial charge in [0.25, 0.3) is 6.71 Å². The predicted octanol–water partition coefficient (Wildman–Crippen LogP) is 23.8. The Hall–Kier alpha value is -8.64. The Labute approximate surface area is 549 Å². The highest BCUT2D eigenvalue weighted by atomic mass is 32.1. The predicted molar refractivity (Wildman–Crippen MR) is 397 cm³/mol. The Balaban J connectivity index is 0.977. The van der Waals surface area contributed by atoms with Crippen molar-refractivity contribution in [3.05, 3.63) is 252 Å². The first-order chi connectivity index (χ1) is 45.2. The number of aryl methyl sites for hydroxylation is 1. The lowest BCUT2D eigenvalue weighted by Crippen LogP contribution is -2.60. The highest BCUT2D eigenvalue weighted by Gasteiger charge is 2.46. The van der Waals surface area contributed by atoms with Gasteiger partial charge in [-0.25, -0.2) is 0 Å². The van der Waals surface area contributed by atoms with Crippen LogP contribution in [0.25, 0.3) is 53.9 Å². The quantitative estimate of drug-likeness (QED) is 0.0998. The smallest absolute Gasteiger partial charge is 0.264 e. The van der Waals surface area contributed by atoms with Gasteiger partial charge in [0.1, 0.15) is 0 Å². The van der Waals surface area contributed by atoms with Gasteiger partial charge in [0.05, 0.1) is 11.4 Å². The molecular weight excluding hydrogens is 1130 g/mol. The van der Waals surface area contributed by atoms with Gasteiger partial charge in [0.15, 0.2) is 0 Å². The number of hydrogen-bond donors (Lipinski definition) is 0. The first-order valence-corrected chi connectivity index (χ1v) is 35.7. The minimum Gasteiger partial charge on any atom is -0.311 e. The summed E-state index contributed by atoms with van der Waals surface area (Å²) >= 11 is 2.00. The van der Waals surface area contributed by atoms with E-state index in [1.54, 1.807) is 0 Å². The van der Waals surface area contributed by atoms with E-state index in [0.717, 1.165) is 0 Å². The largest absolute Gasteiger partial charge is 0.311 e. The molecule has 92 heavy (non-hydrogen) atoms. The summed E-state index contributed by atoms with van der Waals surface area (Å²) in [6, 6.07) is 88.5. The van der Waals surface area contributed by atoms with Crippen LogP contribution in [0.1, 0.15) is 163 Å². The van der Waals surface area contributed by atoms with Gasteiger partial charge in [0.2, 0.25) is 0 Å². The fourth-order valence-corrected chi connectivity index (χ4v) is 18.7. The van der Waals surface area contributed by atoms with Crippen molar-refractivity contribution in [3.63, 3.8) is 0 Å². The van der Waals surface area contributed by atoms with Crippen LogP contribution in [0.4, 0.5) is 51.2 Å². The lowest BCUT2D eigenvalue weighted by atomic mass is 9.36. The molecule has 3 saturated carbocycles. The molecule has 3 fully saturated rings. The monoisotopic (exact) mass is 1210 g/mol. The summed E-state index contributed by atoms with van der Waals surface area (Å²) in [5, 5.41) is 6.47. The summed E-state index contributed by atoms with van der Waals surface area (Å²) in [5.74, 6) is 1.54. The van der Waals surface area contributed by atoms with E-state index < -0.39 is 0 Å². The third kappa shape index (κ3) is 9.90. The van der Waals surface area contributed by atoms with Crippen LogP contribution in [0.15, 0.2) is 224 Å². The molecule has 3 heterocycles. The van der Waals surface area contributed by atoms with Gasteiger partial charge in [-0.2, -0.15) is 0 Å². The molecule has 0 N–H and O–H groups in total. The SMILES string of the molecule is Cc1cc2c3c(c1)N(c1ccc(C(C)(C)C)cc1)c1c(sc4ccc(-c5ccccc5)cc14)B3c1ccc(N(c3ccccc3C3CCCCC3)c3ccccc3C3CCCCC3)cc1N2c1ccc(C2CCCCC2)cc1-c1cc2ccccc2c2ccccc12. The molecule has 1 aromatic heterocycles. The van der Waals surface area contributed by atoms with Crippen LogP contribution in [-0.4, -0.2) is 6.71 Å². The van der Waals surface area contributed by atoms with Crippen molar-refractivity contribution in [2.24, 2.45) is 0 Å². The number of fused-ring (bicyclic) bond motifs is 9. The number of benzene rings is 11. The fourth-order valence-electron chi connectivity index (χ4n) is 17.4. The third-order valence-electron chi connectivity index (χ3n) is 22.0. The van der Waals surface area contributed by atoms with E-state index in [4.69, 9.17) is 0 Å². The normalized spacial score (nSPS) is 16.3. The second kappa shape index (κ2) is 23.5. The molecule has 0 bridgehead atoms. The zero-order valence-electron chi connectivity index (χ0n) is 54.0. The zero-order chi connectivity index (χ0) is 61.6. The number of rotatable bonds is 10. The molecule has 0 spiro atoms. The van der Waals surface area contributed by atoms with Gasteiger partial charge < -0.3 is 14.7 Å². The van der Waals surface area contributed by atoms with Crippen LogP contribution in [-0.2, 0) is 5.41 Å². The van der Waals surface area contributed by atoms with Gasteiger partial charge in [-0.15, -0.1) is 11.3 Å². The molecule has 0 radical (unpaired) electrons. The summed E-state index contributed by atoms with van der Waals surface area (Å²) in [6.07, 6.45) is 19.1. The van der Waals surface area contributed by atoms with Crippen molar-refractivity contribution in [2.75, 3.05) is 14.7 Å². The van der Waals surface area contributed by atoms with Crippen LogP contribution in [0.2, 0.25) is 0 Å². The van der Waals surface area contributed by atoms with Crippen molar-refractivity contribution >= 4 is 117 Å². The van der Waals surface area contributed by atoms with Crippen molar-refractivity contribution in [1.82, 2.24) is 0 Å². The number of para-hydroxylation sites is 2. The molecule has 2 aliphatic heterocycles. The van der Waals surface area contributed by atoms with Gasteiger partial charge in [0, 0.05) is 60.2 Å². The van der Waals surface area contributed by atoms with Crippen molar-refractivity contribution in [2.45, 2.75) is 147 Å². The summed E-state index contributed by atoms with van der Waals surface area (Å²) in [7, 11) is 0. The van der Waals surface area contributed by atoms with Crippen molar-refractivity contribution < 1.29 is 0 Å². The summed E-state index contributed by atoms with van der Waals surface area (Å²) in [5.41, 5.74) is 26.2. The summed E-state index contributed by atoms with van der Waals surface area (Å²) in [6.45, 7) is 9.29. The van der Waals surface area contributed by atoms with Crippen molar-refractivity contribution in [3.8, 4) is 22.3 Å². The maximum Gasteiger partial charge on any atom is 0.264 e. The average Bonchev–Trinajstić information content (AvgIpc) is 1.25. The van der Waals surface area contributed by atoms with Gasteiger partial charge in [-0.3, -0.25) is 0 Å². The molecule has 0 saturated heterocycles. The maximum absolute atomic E-state index is 2.77. The highest BCUT2D eigenvalue weighted by Crippen LogP contribution is 2.54. The van der Waals surface area contributed by atoms with Crippen LogP contribution in [0.5, 0.6) is 0 Å². The molecule has 11 aromatic carbocycles. The molecule has 454 valence electrons. The van der Waals surface area contributed by atoms with E-state index in [1.165, 1.54) is 245 Å². The Bertz CT molecular complexity index is 4720.